The van der Waals surface area contributed by atoms with Crippen molar-refractivity contribution in [2.24, 2.45) is 18.9 Å². The van der Waals surface area contributed by atoms with E-state index in [2.05, 4.69) is 23.4 Å². The van der Waals surface area contributed by atoms with Gasteiger partial charge >= 0.3 is 0 Å². The van der Waals surface area contributed by atoms with E-state index in [1.807, 2.05) is 17.9 Å². The minimum Gasteiger partial charge on any atom is -0.311 e. The Morgan fingerprint density at radius 3 is 3.00 bits per heavy atom. The zero-order valence-electron chi connectivity index (χ0n) is 9.74. The van der Waals surface area contributed by atoms with Crippen molar-refractivity contribution in [1.29, 1.82) is 0 Å². The summed E-state index contributed by atoms with van der Waals surface area (Å²) in [6.45, 7) is 4.47. The first kappa shape index (κ1) is 10.7. The molecule has 1 aromatic rings. The molecule has 0 saturated heterocycles. The number of aromatic nitrogens is 2. The zero-order valence-corrected chi connectivity index (χ0v) is 9.74. The van der Waals surface area contributed by atoms with E-state index in [-0.39, 0.29) is 0 Å². The van der Waals surface area contributed by atoms with Gasteiger partial charge in [0.2, 0.25) is 0 Å². The van der Waals surface area contributed by atoms with Crippen LogP contribution in [0.5, 0.6) is 0 Å². The monoisotopic (exact) mass is 207 g/mol. The first-order chi connectivity index (χ1) is 7.25. The first-order valence-corrected chi connectivity index (χ1v) is 5.93. The van der Waals surface area contributed by atoms with Crippen molar-refractivity contribution in [2.45, 2.75) is 32.7 Å². The molecular weight excluding hydrogens is 186 g/mol. The Bertz CT molecular complexity index is 306. The van der Waals surface area contributed by atoms with Gasteiger partial charge in [-0.1, -0.05) is 13.3 Å². The molecule has 84 valence electrons. The van der Waals surface area contributed by atoms with Crippen LogP contribution < -0.4 is 5.32 Å². The molecule has 1 aromatic heterocycles. The van der Waals surface area contributed by atoms with Crippen LogP contribution in [0.2, 0.25) is 0 Å². The highest BCUT2D eigenvalue weighted by molar-refractivity contribution is 4.99. The third-order valence-corrected chi connectivity index (χ3v) is 3.47. The van der Waals surface area contributed by atoms with Crippen molar-refractivity contribution >= 4 is 0 Å². The summed E-state index contributed by atoms with van der Waals surface area (Å²) in [6.07, 6.45) is 6.07. The van der Waals surface area contributed by atoms with Gasteiger partial charge < -0.3 is 5.32 Å². The number of hydrogen-bond acceptors (Lipinski definition) is 2. The molecule has 1 N–H and O–H groups in total. The van der Waals surface area contributed by atoms with Crippen LogP contribution in [0.15, 0.2) is 12.3 Å². The average Bonchev–Trinajstić information content (AvgIpc) is 2.77. The minimum absolute atomic E-state index is 0.897. The van der Waals surface area contributed by atoms with Gasteiger partial charge in [-0.3, -0.25) is 4.68 Å². The molecule has 2 rings (SSSR count). The Balaban J connectivity index is 1.69. The van der Waals surface area contributed by atoms with Gasteiger partial charge in [-0.25, -0.2) is 0 Å². The standard InChI is InChI=1S/C12H21N3/c1-10-3-4-11(7-10)8-13-9-12-5-6-14-15(12)2/h5-6,10-11,13H,3-4,7-9H2,1-2H3. The highest BCUT2D eigenvalue weighted by Gasteiger charge is 2.20. The zero-order chi connectivity index (χ0) is 10.7. The summed E-state index contributed by atoms with van der Waals surface area (Å²) in [6, 6.07) is 2.07. The van der Waals surface area contributed by atoms with E-state index < -0.39 is 0 Å². The molecule has 1 aliphatic rings. The van der Waals surface area contributed by atoms with E-state index in [9.17, 15) is 0 Å². The van der Waals surface area contributed by atoms with Gasteiger partial charge in [-0.2, -0.15) is 5.10 Å². The van der Waals surface area contributed by atoms with E-state index in [0.29, 0.717) is 0 Å². The molecule has 3 heteroatoms. The topological polar surface area (TPSA) is 29.9 Å². The summed E-state index contributed by atoms with van der Waals surface area (Å²) in [5.74, 6) is 1.83. The summed E-state index contributed by atoms with van der Waals surface area (Å²) in [4.78, 5) is 0. The summed E-state index contributed by atoms with van der Waals surface area (Å²) in [5.41, 5.74) is 1.26. The minimum atomic E-state index is 0.897. The van der Waals surface area contributed by atoms with E-state index in [1.165, 1.54) is 25.0 Å². The Labute approximate surface area is 91.9 Å². The lowest BCUT2D eigenvalue weighted by molar-refractivity contribution is 0.465. The van der Waals surface area contributed by atoms with Gasteiger partial charge in [0.1, 0.15) is 0 Å². The van der Waals surface area contributed by atoms with Crippen LogP contribution in [-0.2, 0) is 13.6 Å². The lowest BCUT2D eigenvalue weighted by atomic mass is 10.1. The van der Waals surface area contributed by atoms with Crippen LogP contribution in [0.1, 0.15) is 31.9 Å². The predicted octanol–water partition coefficient (Wildman–Crippen LogP) is 1.95. The normalized spacial score (nSPS) is 26.0. The lowest BCUT2D eigenvalue weighted by Gasteiger charge is -2.10. The van der Waals surface area contributed by atoms with Gasteiger partial charge in [0.25, 0.3) is 0 Å². The van der Waals surface area contributed by atoms with E-state index in [0.717, 1.165) is 24.9 Å². The molecule has 1 fully saturated rings. The van der Waals surface area contributed by atoms with Crippen LogP contribution in [0.25, 0.3) is 0 Å². The fraction of sp³-hybridized carbons (Fsp3) is 0.750. The molecule has 3 nitrogen and oxygen atoms in total. The molecule has 2 atom stereocenters. The second-order valence-electron chi connectivity index (χ2n) is 4.86. The second-order valence-corrected chi connectivity index (χ2v) is 4.86. The van der Waals surface area contributed by atoms with Crippen molar-refractivity contribution in [3.63, 3.8) is 0 Å². The SMILES string of the molecule is CC1CCC(CNCc2ccnn2C)C1. The fourth-order valence-corrected chi connectivity index (χ4v) is 2.49. The highest BCUT2D eigenvalue weighted by Crippen LogP contribution is 2.29. The molecule has 15 heavy (non-hydrogen) atoms. The number of nitrogens with one attached hydrogen (secondary N) is 1. The highest BCUT2D eigenvalue weighted by atomic mass is 15.3. The Morgan fingerprint density at radius 1 is 1.53 bits per heavy atom. The molecule has 1 saturated carbocycles. The largest absolute Gasteiger partial charge is 0.311 e. The van der Waals surface area contributed by atoms with Crippen molar-refractivity contribution in [3.8, 4) is 0 Å². The fourth-order valence-electron chi connectivity index (χ4n) is 2.49. The molecule has 0 bridgehead atoms. The maximum absolute atomic E-state index is 4.16. The Hall–Kier alpha value is -0.830. The number of nitrogens with zero attached hydrogens (tertiary/aromatic N) is 2. The van der Waals surface area contributed by atoms with Crippen LogP contribution >= 0.6 is 0 Å². The summed E-state index contributed by atoms with van der Waals surface area (Å²) >= 11 is 0. The van der Waals surface area contributed by atoms with Gasteiger partial charge in [-0.05, 0) is 37.3 Å². The lowest BCUT2D eigenvalue weighted by Crippen LogP contribution is -2.22. The molecule has 1 heterocycles. The molecule has 0 amide bonds. The number of rotatable bonds is 4. The third kappa shape index (κ3) is 2.81. The summed E-state index contributed by atoms with van der Waals surface area (Å²) < 4.78 is 1.93. The van der Waals surface area contributed by atoms with E-state index in [4.69, 9.17) is 0 Å². The van der Waals surface area contributed by atoms with Gasteiger partial charge in [0, 0.05) is 19.8 Å². The van der Waals surface area contributed by atoms with Crippen LogP contribution in [-0.4, -0.2) is 16.3 Å². The quantitative estimate of drug-likeness (QED) is 0.817. The Morgan fingerprint density at radius 2 is 2.40 bits per heavy atom. The van der Waals surface area contributed by atoms with Crippen molar-refractivity contribution in [1.82, 2.24) is 15.1 Å². The molecule has 0 radical (unpaired) electrons. The van der Waals surface area contributed by atoms with E-state index >= 15 is 0 Å². The smallest absolute Gasteiger partial charge is 0.0518 e. The van der Waals surface area contributed by atoms with Gasteiger partial charge in [0.05, 0.1) is 5.69 Å². The van der Waals surface area contributed by atoms with Gasteiger partial charge in [0.15, 0.2) is 0 Å². The average molecular weight is 207 g/mol. The molecule has 0 spiro atoms. The van der Waals surface area contributed by atoms with Crippen molar-refractivity contribution in [3.05, 3.63) is 18.0 Å². The number of aryl methyl sites for hydroxylation is 1. The third-order valence-electron chi connectivity index (χ3n) is 3.47. The van der Waals surface area contributed by atoms with Crippen LogP contribution in [0.4, 0.5) is 0 Å². The van der Waals surface area contributed by atoms with Crippen LogP contribution in [0, 0.1) is 11.8 Å². The van der Waals surface area contributed by atoms with Crippen LogP contribution in [0.3, 0.4) is 0 Å². The van der Waals surface area contributed by atoms with Crippen molar-refractivity contribution in [2.75, 3.05) is 6.54 Å². The molecule has 0 aromatic carbocycles. The van der Waals surface area contributed by atoms with Crippen molar-refractivity contribution < 1.29 is 0 Å². The summed E-state index contributed by atoms with van der Waals surface area (Å²) in [7, 11) is 1.99. The van der Waals surface area contributed by atoms with Gasteiger partial charge in [-0.15, -0.1) is 0 Å². The molecule has 1 aliphatic carbocycles. The maximum atomic E-state index is 4.16. The number of hydrogen-bond donors (Lipinski definition) is 1. The van der Waals surface area contributed by atoms with E-state index in [1.54, 1.807) is 0 Å². The summed E-state index contributed by atoms with van der Waals surface area (Å²) in [5, 5.41) is 7.69. The maximum Gasteiger partial charge on any atom is 0.0518 e. The molecular formula is C12H21N3. The predicted molar refractivity (Wildman–Crippen MR) is 61.4 cm³/mol. The second kappa shape index (κ2) is 4.79. The Kier molecular flexibility index (Phi) is 3.41. The molecule has 2 unspecified atom stereocenters. The first-order valence-electron chi connectivity index (χ1n) is 5.93. The molecule has 0 aliphatic heterocycles.